The van der Waals surface area contributed by atoms with Crippen LogP contribution in [0.5, 0.6) is 0 Å². The van der Waals surface area contributed by atoms with E-state index in [1.165, 1.54) is 84.4 Å². The van der Waals surface area contributed by atoms with Crippen LogP contribution in [0.25, 0.3) is 0 Å². The van der Waals surface area contributed by atoms with Crippen LogP contribution in [0.4, 0.5) is 0 Å². The molecule has 0 saturated heterocycles. The summed E-state index contributed by atoms with van der Waals surface area (Å²) in [7, 11) is 2.79. The van der Waals surface area contributed by atoms with Crippen molar-refractivity contribution in [2.45, 2.75) is 106 Å². The molecule has 330 valence electrons. The van der Waals surface area contributed by atoms with Crippen LogP contribution in [0.2, 0.25) is 0 Å². The summed E-state index contributed by atoms with van der Waals surface area (Å²) in [6, 6.07) is 10.2. The number of carbonyl (C=O) groups is 5. The van der Waals surface area contributed by atoms with Crippen LogP contribution in [0.15, 0.2) is 30.3 Å². The second-order valence-corrected chi connectivity index (χ2v) is 16.3. The summed E-state index contributed by atoms with van der Waals surface area (Å²) in [6.45, 7) is 5.21. The van der Waals surface area contributed by atoms with E-state index in [1.54, 1.807) is 35.3 Å². The third-order valence-corrected chi connectivity index (χ3v) is 10.3. The fraction of sp³-hybridized carbons (Fsp3) is 0.725. The molecule has 1 saturated carbocycles. The lowest BCUT2D eigenvalue weighted by Crippen LogP contribution is -2.40. The number of amides is 2. The molecule has 1 aromatic carbocycles. The van der Waals surface area contributed by atoms with Gasteiger partial charge in [0.05, 0.1) is 32.4 Å². The van der Waals surface area contributed by atoms with E-state index in [2.05, 4.69) is 56.9 Å². The molecule has 1 unspecified atom stereocenters. The van der Waals surface area contributed by atoms with Gasteiger partial charge in [0.2, 0.25) is 11.8 Å². The zero-order valence-corrected chi connectivity index (χ0v) is 37.7. The minimum atomic E-state index is -0.317. The molecule has 0 aliphatic heterocycles. The van der Waals surface area contributed by atoms with Gasteiger partial charge in [-0.25, -0.2) is 0 Å². The Labute approximate surface area is 365 Å². The average Bonchev–Trinajstić information content (AvgIpc) is 3.12. The third-order valence-electron chi connectivity index (χ3n) is 6.15. The maximum atomic E-state index is 10.8. The van der Waals surface area contributed by atoms with Gasteiger partial charge in [-0.2, -0.15) is 70.6 Å². The Balaban J connectivity index is -0.0000000796. The molecular formula is C40H82N2O7S6. The van der Waals surface area contributed by atoms with E-state index < -0.39 is 0 Å². The molecule has 2 N–H and O–H groups in total. The number of thioether (sulfide) groups is 6. The van der Waals surface area contributed by atoms with Crippen LogP contribution in [0, 0.1) is 0 Å². The maximum absolute atomic E-state index is 10.8. The molecule has 0 heterocycles. The number of hydrogen-bond donors (Lipinski definition) is 2. The normalized spacial score (nSPS) is 11.0. The van der Waals surface area contributed by atoms with Crippen molar-refractivity contribution in [1.82, 2.24) is 10.6 Å². The van der Waals surface area contributed by atoms with E-state index in [-0.39, 0.29) is 65.3 Å². The number of nitrogens with one attached hydrogen (secondary N) is 2. The summed E-state index contributed by atoms with van der Waals surface area (Å²) in [5.41, 5.74) is 1.41. The van der Waals surface area contributed by atoms with Crippen LogP contribution < -0.4 is 10.6 Å². The zero-order valence-electron chi connectivity index (χ0n) is 32.8. The molecule has 1 aromatic rings. The minimum absolute atomic E-state index is 0. The second kappa shape index (κ2) is 57.2. The first-order chi connectivity index (χ1) is 24.3. The number of benzene rings is 1. The largest absolute Gasteiger partial charge is 0.469 e. The molecule has 0 aromatic heterocycles. The van der Waals surface area contributed by atoms with E-state index in [4.69, 9.17) is 0 Å². The predicted molar refractivity (Wildman–Crippen MR) is 260 cm³/mol. The van der Waals surface area contributed by atoms with E-state index in [0.717, 1.165) is 29.1 Å². The lowest BCUT2D eigenvalue weighted by Gasteiger charge is -2.18. The second-order valence-electron chi connectivity index (χ2n) is 10.5. The van der Waals surface area contributed by atoms with Crippen molar-refractivity contribution in [2.75, 3.05) is 81.3 Å². The predicted octanol–water partition coefficient (Wildman–Crippen LogP) is 10.1. The Kier molecular flexibility index (Phi) is 74.4. The first kappa shape index (κ1) is 71.6. The van der Waals surface area contributed by atoms with E-state index in [1.807, 2.05) is 54.6 Å². The van der Waals surface area contributed by atoms with Gasteiger partial charge in [0, 0.05) is 48.7 Å². The average molecular weight is 896 g/mol. The first-order valence-electron chi connectivity index (χ1n) is 16.5. The number of Topliss-reactive ketones (excluding diaryl/α,β-unsaturated/α-hetero) is 1. The highest BCUT2D eigenvalue weighted by Gasteiger charge is 2.13. The van der Waals surface area contributed by atoms with Crippen molar-refractivity contribution in [2.24, 2.45) is 0 Å². The summed E-state index contributed by atoms with van der Waals surface area (Å²) in [5.74, 6) is 3.71. The van der Waals surface area contributed by atoms with Gasteiger partial charge in [-0.05, 0) is 62.9 Å². The highest BCUT2D eigenvalue weighted by Crippen LogP contribution is 2.25. The van der Waals surface area contributed by atoms with Crippen molar-refractivity contribution in [3.63, 3.8) is 0 Å². The Morgan fingerprint density at radius 2 is 1.22 bits per heavy atom. The molecule has 0 radical (unpaired) electrons. The molecular weight excluding hydrogens is 813 g/mol. The Morgan fingerprint density at radius 1 is 0.691 bits per heavy atom. The van der Waals surface area contributed by atoms with E-state index in [9.17, 15) is 24.0 Å². The lowest BCUT2D eigenvalue weighted by molar-refractivity contribution is -0.140. The van der Waals surface area contributed by atoms with Gasteiger partial charge in [0.15, 0.2) is 5.78 Å². The van der Waals surface area contributed by atoms with Crippen molar-refractivity contribution < 1.29 is 33.4 Å². The molecule has 1 fully saturated rings. The minimum Gasteiger partial charge on any atom is -0.469 e. The van der Waals surface area contributed by atoms with E-state index in [0.29, 0.717) is 17.9 Å². The third kappa shape index (κ3) is 62.3. The van der Waals surface area contributed by atoms with Gasteiger partial charge < -0.3 is 20.1 Å². The van der Waals surface area contributed by atoms with Crippen LogP contribution in [-0.2, 0) is 39.2 Å². The van der Waals surface area contributed by atoms with Crippen molar-refractivity contribution >= 4 is 100 Å². The monoisotopic (exact) mass is 894 g/mol. The molecule has 0 spiro atoms. The number of methoxy groups -OCH3 is 2. The molecule has 2 amide bonds. The van der Waals surface area contributed by atoms with Gasteiger partial charge in [-0.15, -0.1) is 0 Å². The first-order valence-corrected chi connectivity index (χ1v) is 24.8. The Hall–Kier alpha value is -1.13. The highest BCUT2D eigenvalue weighted by molar-refractivity contribution is 7.99. The van der Waals surface area contributed by atoms with Gasteiger partial charge in [-0.1, -0.05) is 79.3 Å². The smallest absolute Gasteiger partial charge is 0.315 e. The molecule has 0 bridgehead atoms. The van der Waals surface area contributed by atoms with Crippen molar-refractivity contribution in [1.29, 1.82) is 0 Å². The quantitative estimate of drug-likeness (QED) is 0.128. The number of ether oxygens (including phenoxy) is 2. The highest BCUT2D eigenvalue weighted by atomic mass is 32.2. The molecule has 2 rings (SSSR count). The fourth-order valence-electron chi connectivity index (χ4n) is 3.51. The van der Waals surface area contributed by atoms with Crippen molar-refractivity contribution in [3.05, 3.63) is 35.9 Å². The maximum Gasteiger partial charge on any atom is 0.315 e. The number of carbonyl (C=O) groups excluding carboxylic acids is 5. The van der Waals surface area contributed by atoms with Gasteiger partial charge in [0.1, 0.15) is 0 Å². The van der Waals surface area contributed by atoms with Crippen LogP contribution in [0.3, 0.4) is 0 Å². The Morgan fingerprint density at radius 3 is 1.55 bits per heavy atom. The number of ketones is 1. The standard InChI is InChI=1S/C8H10S.C7H13NO2S.C7H14S.C5H11NOS.C5H10O2S.C4H8O2S.4CH4/c1-9-7-8-5-3-2-4-6-8;1-5(9)7(4-11-3)8-6(2)10;1-8-7-5-3-2-4-6-7;1-5(7)6-3-4-8-2;1-7-5(6)3-4-8-2;1-6-4(5)3-7-2;;;;/h2-6H,7H2,1H3;7H,4H2,1-3H3,(H,8,10);7H,2-6H2,1H3;3-4H2,1-2H3,(H,6,7);3-4H2,1-2H3;3H2,1-2H3;4*1H4. The summed E-state index contributed by atoms with van der Waals surface area (Å²) < 4.78 is 8.73. The lowest BCUT2D eigenvalue weighted by atomic mass is 10.0. The molecule has 1 aliphatic rings. The number of hydrogen-bond acceptors (Lipinski definition) is 13. The van der Waals surface area contributed by atoms with Crippen LogP contribution >= 0.6 is 70.6 Å². The van der Waals surface area contributed by atoms with Crippen molar-refractivity contribution in [3.8, 4) is 0 Å². The Bertz CT molecular complexity index is 975. The topological polar surface area (TPSA) is 128 Å². The van der Waals surface area contributed by atoms with Crippen LogP contribution in [0.1, 0.15) is 94.6 Å². The number of esters is 2. The summed E-state index contributed by atoms with van der Waals surface area (Å²) >= 11 is 10.3. The SMILES string of the molecule is C.C.C.C.COC(=O)CCSC.COC(=O)CSC.CSC1CCCCC1.CSCC(NC(C)=O)C(C)=O.CSCCNC(C)=O.CSCc1ccccc1. The zero-order chi connectivity index (χ0) is 39.7. The summed E-state index contributed by atoms with van der Waals surface area (Å²) in [5, 5.41) is 6.26. The summed E-state index contributed by atoms with van der Waals surface area (Å²) in [4.78, 5) is 52.1. The number of rotatable bonds is 15. The molecule has 55 heavy (non-hydrogen) atoms. The van der Waals surface area contributed by atoms with Gasteiger partial charge >= 0.3 is 11.9 Å². The molecule has 1 atom stereocenters. The van der Waals surface area contributed by atoms with Gasteiger partial charge in [0.25, 0.3) is 0 Å². The molecule has 15 heteroatoms. The van der Waals surface area contributed by atoms with Crippen LogP contribution in [-0.4, -0.2) is 122 Å². The fourth-order valence-corrected chi connectivity index (χ4v) is 6.52. The molecule has 9 nitrogen and oxygen atoms in total. The van der Waals surface area contributed by atoms with E-state index >= 15 is 0 Å². The molecule has 1 aliphatic carbocycles. The summed E-state index contributed by atoms with van der Waals surface area (Å²) in [6.07, 6.45) is 20.0. The van der Waals surface area contributed by atoms with Gasteiger partial charge in [-0.3, -0.25) is 24.0 Å².